The first-order valence-corrected chi connectivity index (χ1v) is 7.95. The topological polar surface area (TPSA) is 103 Å². The number of carbonyl (C=O) groups is 2. The second-order valence-corrected chi connectivity index (χ2v) is 5.77. The summed E-state index contributed by atoms with van der Waals surface area (Å²) < 4.78 is 0. The van der Waals surface area contributed by atoms with Gasteiger partial charge < -0.3 is 10.4 Å². The summed E-state index contributed by atoms with van der Waals surface area (Å²) in [7, 11) is 0. The molecule has 1 atom stereocenters. The zero-order chi connectivity index (χ0) is 18.5. The van der Waals surface area contributed by atoms with Crippen molar-refractivity contribution in [1.82, 2.24) is 10.3 Å². The molecular weight excluding hydrogens is 330 g/mol. The Balaban J connectivity index is 1.79. The molecule has 3 rings (SSSR count). The summed E-state index contributed by atoms with van der Waals surface area (Å²) in [6.07, 6.45) is 0.0736. The number of rotatable bonds is 5. The van der Waals surface area contributed by atoms with Crippen molar-refractivity contribution in [2.45, 2.75) is 12.5 Å². The van der Waals surface area contributed by atoms with Crippen molar-refractivity contribution in [3.8, 4) is 6.07 Å². The van der Waals surface area contributed by atoms with Crippen molar-refractivity contribution in [2.24, 2.45) is 0 Å². The first-order chi connectivity index (χ1) is 12.6. The van der Waals surface area contributed by atoms with Crippen LogP contribution in [-0.2, 0) is 11.2 Å². The van der Waals surface area contributed by atoms with Crippen LogP contribution >= 0.6 is 0 Å². The van der Waals surface area contributed by atoms with E-state index in [0.717, 1.165) is 5.39 Å². The van der Waals surface area contributed by atoms with Crippen molar-refractivity contribution < 1.29 is 14.7 Å². The van der Waals surface area contributed by atoms with Gasteiger partial charge in [0.2, 0.25) is 0 Å². The maximum Gasteiger partial charge on any atom is 0.326 e. The molecule has 2 aromatic carbocycles. The van der Waals surface area contributed by atoms with Gasteiger partial charge in [-0.2, -0.15) is 5.26 Å². The number of hydrogen-bond acceptors (Lipinski definition) is 4. The van der Waals surface area contributed by atoms with Gasteiger partial charge in [-0.15, -0.1) is 0 Å². The third-order valence-electron chi connectivity index (χ3n) is 3.93. The minimum Gasteiger partial charge on any atom is -0.480 e. The van der Waals surface area contributed by atoms with Crippen LogP contribution in [-0.4, -0.2) is 28.0 Å². The standard InChI is InChI=1S/C20H15N3O3/c21-12-14-5-3-4-13(10-14)11-18(20(25)26)23-19(24)17-9-8-15-6-1-2-7-16(15)22-17/h1-10,18H,11H2,(H,23,24)(H,25,26). The van der Waals surface area contributed by atoms with E-state index in [0.29, 0.717) is 16.6 Å². The lowest BCUT2D eigenvalue weighted by atomic mass is 10.0. The predicted molar refractivity (Wildman–Crippen MR) is 95.5 cm³/mol. The predicted octanol–water partition coefficient (Wildman–Crippen LogP) is 2.53. The van der Waals surface area contributed by atoms with E-state index in [4.69, 9.17) is 5.26 Å². The first kappa shape index (κ1) is 17.1. The normalized spacial score (nSPS) is 11.5. The molecule has 0 saturated carbocycles. The van der Waals surface area contributed by atoms with E-state index < -0.39 is 17.9 Å². The molecular formula is C20H15N3O3. The lowest BCUT2D eigenvalue weighted by molar-refractivity contribution is -0.139. The first-order valence-electron chi connectivity index (χ1n) is 7.95. The fourth-order valence-electron chi connectivity index (χ4n) is 2.63. The van der Waals surface area contributed by atoms with Gasteiger partial charge >= 0.3 is 5.97 Å². The van der Waals surface area contributed by atoms with E-state index >= 15 is 0 Å². The van der Waals surface area contributed by atoms with Crippen LogP contribution in [0.15, 0.2) is 60.7 Å². The zero-order valence-corrected chi connectivity index (χ0v) is 13.7. The molecule has 1 unspecified atom stereocenters. The highest BCUT2D eigenvalue weighted by Gasteiger charge is 2.22. The second kappa shape index (κ2) is 7.45. The third kappa shape index (κ3) is 3.84. The highest BCUT2D eigenvalue weighted by atomic mass is 16.4. The quantitative estimate of drug-likeness (QED) is 0.739. The summed E-state index contributed by atoms with van der Waals surface area (Å²) >= 11 is 0. The van der Waals surface area contributed by atoms with Gasteiger partial charge in [0.25, 0.3) is 5.91 Å². The molecule has 3 aromatic rings. The number of carboxylic acid groups (broad SMARTS) is 1. The van der Waals surface area contributed by atoms with Gasteiger partial charge in [0.05, 0.1) is 17.1 Å². The van der Waals surface area contributed by atoms with E-state index in [1.807, 2.05) is 24.3 Å². The van der Waals surface area contributed by atoms with Gasteiger partial charge in [0.15, 0.2) is 0 Å². The number of aromatic nitrogens is 1. The number of pyridine rings is 1. The summed E-state index contributed by atoms with van der Waals surface area (Å²) in [5.74, 6) is -1.71. The third-order valence-corrected chi connectivity index (χ3v) is 3.93. The zero-order valence-electron chi connectivity index (χ0n) is 13.7. The van der Waals surface area contributed by atoms with E-state index in [9.17, 15) is 14.7 Å². The number of carboxylic acids is 1. The number of benzene rings is 2. The van der Waals surface area contributed by atoms with Crippen LogP contribution in [0.3, 0.4) is 0 Å². The van der Waals surface area contributed by atoms with Crippen LogP contribution in [0.25, 0.3) is 10.9 Å². The van der Waals surface area contributed by atoms with E-state index in [1.54, 1.807) is 42.5 Å². The molecule has 0 aliphatic carbocycles. The minimum absolute atomic E-state index is 0.0736. The number of nitrogens with one attached hydrogen (secondary N) is 1. The Hall–Kier alpha value is -3.72. The number of carbonyl (C=O) groups excluding carboxylic acids is 1. The molecule has 0 bridgehead atoms. The largest absolute Gasteiger partial charge is 0.480 e. The Morgan fingerprint density at radius 3 is 2.69 bits per heavy atom. The minimum atomic E-state index is -1.15. The van der Waals surface area contributed by atoms with Crippen LogP contribution in [0.2, 0.25) is 0 Å². The molecule has 128 valence electrons. The van der Waals surface area contributed by atoms with E-state index in [1.165, 1.54) is 0 Å². The van der Waals surface area contributed by atoms with Crippen molar-refractivity contribution in [3.63, 3.8) is 0 Å². The smallest absolute Gasteiger partial charge is 0.326 e. The summed E-state index contributed by atoms with van der Waals surface area (Å²) in [6, 6.07) is 18.2. The number of nitriles is 1. The summed E-state index contributed by atoms with van der Waals surface area (Å²) in [6.45, 7) is 0. The second-order valence-electron chi connectivity index (χ2n) is 5.77. The molecule has 1 heterocycles. The monoisotopic (exact) mass is 345 g/mol. The van der Waals surface area contributed by atoms with Gasteiger partial charge in [-0.1, -0.05) is 36.4 Å². The molecule has 0 aliphatic heterocycles. The summed E-state index contributed by atoms with van der Waals surface area (Å²) in [5, 5.41) is 21.8. The molecule has 6 nitrogen and oxygen atoms in total. The highest BCUT2D eigenvalue weighted by molar-refractivity contribution is 5.97. The van der Waals surface area contributed by atoms with Crippen LogP contribution in [0.5, 0.6) is 0 Å². The van der Waals surface area contributed by atoms with Crippen molar-refractivity contribution in [1.29, 1.82) is 5.26 Å². The van der Waals surface area contributed by atoms with Crippen LogP contribution in [0, 0.1) is 11.3 Å². The van der Waals surface area contributed by atoms with E-state index in [2.05, 4.69) is 10.3 Å². The maximum atomic E-state index is 12.4. The summed E-state index contributed by atoms with van der Waals surface area (Å²) in [5.41, 5.74) is 1.91. The number of aliphatic carboxylic acids is 1. The number of para-hydroxylation sites is 1. The van der Waals surface area contributed by atoms with Gasteiger partial charge in [0, 0.05) is 11.8 Å². The van der Waals surface area contributed by atoms with Crippen molar-refractivity contribution in [3.05, 3.63) is 77.5 Å². The van der Waals surface area contributed by atoms with Crippen molar-refractivity contribution in [2.75, 3.05) is 0 Å². The van der Waals surface area contributed by atoms with Gasteiger partial charge in [-0.3, -0.25) is 4.79 Å². The van der Waals surface area contributed by atoms with Gasteiger partial charge in [-0.25, -0.2) is 9.78 Å². The fourth-order valence-corrected chi connectivity index (χ4v) is 2.63. The Morgan fingerprint density at radius 1 is 1.12 bits per heavy atom. The van der Waals surface area contributed by atoms with Crippen LogP contribution in [0.4, 0.5) is 0 Å². The average molecular weight is 345 g/mol. The Bertz CT molecular complexity index is 1020. The molecule has 0 aliphatic rings. The number of nitrogens with zero attached hydrogens (tertiary/aromatic N) is 2. The van der Waals surface area contributed by atoms with Gasteiger partial charge in [-0.05, 0) is 29.8 Å². The molecule has 0 radical (unpaired) electrons. The van der Waals surface area contributed by atoms with Crippen LogP contribution in [0.1, 0.15) is 21.6 Å². The molecule has 0 fully saturated rings. The Morgan fingerprint density at radius 2 is 1.92 bits per heavy atom. The summed E-state index contributed by atoms with van der Waals surface area (Å²) in [4.78, 5) is 28.2. The molecule has 0 saturated heterocycles. The molecule has 2 N–H and O–H groups in total. The number of hydrogen-bond donors (Lipinski definition) is 2. The number of amides is 1. The van der Waals surface area contributed by atoms with Crippen molar-refractivity contribution >= 4 is 22.8 Å². The lowest BCUT2D eigenvalue weighted by Gasteiger charge is -2.14. The number of fused-ring (bicyclic) bond motifs is 1. The molecule has 1 aromatic heterocycles. The van der Waals surface area contributed by atoms with Gasteiger partial charge in [0.1, 0.15) is 11.7 Å². The lowest BCUT2D eigenvalue weighted by Crippen LogP contribution is -2.42. The molecule has 1 amide bonds. The Labute approximate surface area is 149 Å². The van der Waals surface area contributed by atoms with E-state index in [-0.39, 0.29) is 12.1 Å². The SMILES string of the molecule is N#Cc1cccc(CC(NC(=O)c2ccc3ccccc3n2)C(=O)O)c1. The average Bonchev–Trinajstić information content (AvgIpc) is 2.67. The molecule has 26 heavy (non-hydrogen) atoms. The Kier molecular flexibility index (Phi) is 4.90. The molecule has 0 spiro atoms. The molecule has 6 heteroatoms. The fraction of sp³-hybridized carbons (Fsp3) is 0.100. The highest BCUT2D eigenvalue weighted by Crippen LogP contribution is 2.12. The van der Waals surface area contributed by atoms with Crippen LogP contribution < -0.4 is 5.32 Å². The maximum absolute atomic E-state index is 12.4.